The summed E-state index contributed by atoms with van der Waals surface area (Å²) in [6, 6.07) is 7.48. The number of rotatable bonds is 6. The van der Waals surface area contributed by atoms with Crippen molar-refractivity contribution in [2.45, 2.75) is 50.0 Å². The van der Waals surface area contributed by atoms with E-state index in [2.05, 4.69) is 10.0 Å². The minimum atomic E-state index is -3.37. The van der Waals surface area contributed by atoms with E-state index in [4.69, 9.17) is 0 Å². The molecule has 1 fully saturated rings. The summed E-state index contributed by atoms with van der Waals surface area (Å²) >= 11 is 0. The zero-order valence-electron chi connectivity index (χ0n) is 12.1. The number of hydrogen-bond acceptors (Lipinski definition) is 3. The molecule has 1 aromatic rings. The van der Waals surface area contributed by atoms with E-state index in [1.807, 2.05) is 19.1 Å². The zero-order valence-corrected chi connectivity index (χ0v) is 12.9. The van der Waals surface area contributed by atoms with Gasteiger partial charge in [-0.15, -0.1) is 0 Å². The highest BCUT2D eigenvalue weighted by molar-refractivity contribution is 7.89. The Kier molecular flexibility index (Phi) is 5.57. The highest BCUT2D eigenvalue weighted by Gasteiger charge is 2.14. The van der Waals surface area contributed by atoms with E-state index in [0.717, 1.165) is 5.56 Å². The predicted octanol–water partition coefficient (Wildman–Crippen LogP) is 2.20. The molecule has 0 atom stereocenters. The topological polar surface area (TPSA) is 58.2 Å². The number of benzene rings is 1. The molecule has 2 N–H and O–H groups in total. The zero-order chi connectivity index (χ0) is 14.4. The van der Waals surface area contributed by atoms with Crippen molar-refractivity contribution in [3.8, 4) is 0 Å². The van der Waals surface area contributed by atoms with Crippen LogP contribution in [0, 0.1) is 6.92 Å². The Labute approximate surface area is 122 Å². The van der Waals surface area contributed by atoms with Crippen molar-refractivity contribution < 1.29 is 8.42 Å². The molecule has 0 unspecified atom stereocenters. The largest absolute Gasteiger partial charge is 0.313 e. The van der Waals surface area contributed by atoms with Crippen molar-refractivity contribution in [1.29, 1.82) is 0 Å². The Hall–Kier alpha value is -0.910. The summed E-state index contributed by atoms with van der Waals surface area (Å²) in [6.45, 7) is 3.07. The van der Waals surface area contributed by atoms with Crippen LogP contribution in [-0.2, 0) is 10.0 Å². The summed E-state index contributed by atoms with van der Waals surface area (Å²) in [5, 5.41) is 3.43. The van der Waals surface area contributed by atoms with Gasteiger partial charge in [0.2, 0.25) is 10.0 Å². The van der Waals surface area contributed by atoms with E-state index < -0.39 is 10.0 Å². The molecule has 0 radical (unpaired) electrons. The Balaban J connectivity index is 1.76. The van der Waals surface area contributed by atoms with Gasteiger partial charge in [0.05, 0.1) is 4.90 Å². The number of hydrogen-bond donors (Lipinski definition) is 2. The number of aryl methyl sites for hydroxylation is 1. The molecule has 0 aromatic heterocycles. The number of nitrogens with one attached hydrogen (secondary N) is 2. The summed E-state index contributed by atoms with van der Waals surface area (Å²) in [5.41, 5.74) is 1.06. The minimum absolute atomic E-state index is 0.334. The Bertz CT molecular complexity index is 505. The van der Waals surface area contributed by atoms with E-state index in [-0.39, 0.29) is 0 Å². The molecule has 112 valence electrons. The van der Waals surface area contributed by atoms with Crippen LogP contribution in [-0.4, -0.2) is 27.5 Å². The van der Waals surface area contributed by atoms with Gasteiger partial charge in [0.25, 0.3) is 0 Å². The molecule has 1 aliphatic carbocycles. The van der Waals surface area contributed by atoms with Crippen molar-refractivity contribution in [2.75, 3.05) is 13.1 Å². The molecule has 1 aliphatic rings. The highest BCUT2D eigenvalue weighted by Crippen LogP contribution is 2.17. The molecule has 0 amide bonds. The maximum atomic E-state index is 12.1. The second kappa shape index (κ2) is 7.20. The Morgan fingerprint density at radius 2 is 1.70 bits per heavy atom. The lowest BCUT2D eigenvalue weighted by molar-refractivity contribution is 0.375. The summed E-state index contributed by atoms with van der Waals surface area (Å²) in [7, 11) is -3.37. The van der Waals surface area contributed by atoms with Crippen LogP contribution in [0.15, 0.2) is 29.2 Å². The van der Waals surface area contributed by atoms with Crippen LogP contribution >= 0.6 is 0 Å². The second-order valence-electron chi connectivity index (χ2n) is 5.50. The first-order valence-corrected chi connectivity index (χ1v) is 8.86. The molecule has 4 nitrogen and oxygen atoms in total. The molecule has 0 heterocycles. The molecule has 0 saturated heterocycles. The third kappa shape index (κ3) is 4.58. The normalized spacial score (nSPS) is 17.2. The average Bonchev–Trinajstić information content (AvgIpc) is 2.45. The molecule has 0 aliphatic heterocycles. The second-order valence-corrected chi connectivity index (χ2v) is 7.27. The molecular weight excluding hydrogens is 272 g/mol. The fraction of sp³-hybridized carbons (Fsp3) is 0.600. The lowest BCUT2D eigenvalue weighted by Gasteiger charge is -2.22. The van der Waals surface area contributed by atoms with Gasteiger partial charge < -0.3 is 5.32 Å². The third-order valence-corrected chi connectivity index (χ3v) is 5.26. The van der Waals surface area contributed by atoms with E-state index in [1.54, 1.807) is 12.1 Å². The fourth-order valence-electron chi connectivity index (χ4n) is 2.57. The van der Waals surface area contributed by atoms with Gasteiger partial charge in [-0.05, 0) is 31.9 Å². The first-order chi connectivity index (χ1) is 9.58. The van der Waals surface area contributed by atoms with Crippen LogP contribution in [0.4, 0.5) is 0 Å². The quantitative estimate of drug-likeness (QED) is 0.791. The van der Waals surface area contributed by atoms with Gasteiger partial charge in [0.15, 0.2) is 0 Å². The lowest BCUT2D eigenvalue weighted by Crippen LogP contribution is -2.37. The molecule has 0 bridgehead atoms. The van der Waals surface area contributed by atoms with Crippen molar-refractivity contribution in [3.05, 3.63) is 29.8 Å². The maximum absolute atomic E-state index is 12.1. The standard InChI is InChI=1S/C15H24N2O2S/c1-13-7-9-15(10-8-13)20(18,19)17-12-11-16-14-5-3-2-4-6-14/h7-10,14,16-17H,2-6,11-12H2,1H3. The smallest absolute Gasteiger partial charge is 0.240 e. The monoisotopic (exact) mass is 296 g/mol. The maximum Gasteiger partial charge on any atom is 0.240 e. The van der Waals surface area contributed by atoms with E-state index in [9.17, 15) is 8.42 Å². The summed E-state index contributed by atoms with van der Waals surface area (Å²) in [6.07, 6.45) is 6.33. The van der Waals surface area contributed by atoms with Crippen LogP contribution in [0.3, 0.4) is 0 Å². The van der Waals surface area contributed by atoms with Gasteiger partial charge in [-0.3, -0.25) is 0 Å². The van der Waals surface area contributed by atoms with Gasteiger partial charge in [-0.25, -0.2) is 13.1 Å². The van der Waals surface area contributed by atoms with Crippen LogP contribution in [0.5, 0.6) is 0 Å². The van der Waals surface area contributed by atoms with Crippen LogP contribution in [0.1, 0.15) is 37.7 Å². The van der Waals surface area contributed by atoms with Crippen LogP contribution < -0.4 is 10.0 Å². The molecule has 2 rings (SSSR count). The first-order valence-electron chi connectivity index (χ1n) is 7.38. The van der Waals surface area contributed by atoms with Gasteiger partial charge >= 0.3 is 0 Å². The summed E-state index contributed by atoms with van der Waals surface area (Å²) in [5.74, 6) is 0. The van der Waals surface area contributed by atoms with Crippen molar-refractivity contribution in [1.82, 2.24) is 10.0 Å². The van der Waals surface area contributed by atoms with E-state index in [0.29, 0.717) is 24.0 Å². The molecule has 0 spiro atoms. The third-order valence-electron chi connectivity index (χ3n) is 3.79. The van der Waals surface area contributed by atoms with E-state index in [1.165, 1.54) is 32.1 Å². The molecule has 5 heteroatoms. The molecule has 1 aromatic carbocycles. The molecule has 1 saturated carbocycles. The van der Waals surface area contributed by atoms with Gasteiger partial charge in [0.1, 0.15) is 0 Å². The van der Waals surface area contributed by atoms with E-state index >= 15 is 0 Å². The summed E-state index contributed by atoms with van der Waals surface area (Å²) < 4.78 is 26.8. The Morgan fingerprint density at radius 1 is 1.05 bits per heavy atom. The molecular formula is C15H24N2O2S. The molecule has 20 heavy (non-hydrogen) atoms. The predicted molar refractivity (Wildman–Crippen MR) is 81.2 cm³/mol. The summed E-state index contributed by atoms with van der Waals surface area (Å²) in [4.78, 5) is 0.334. The minimum Gasteiger partial charge on any atom is -0.313 e. The lowest BCUT2D eigenvalue weighted by atomic mass is 9.96. The van der Waals surface area contributed by atoms with Crippen LogP contribution in [0.2, 0.25) is 0 Å². The Morgan fingerprint density at radius 3 is 2.35 bits per heavy atom. The fourth-order valence-corrected chi connectivity index (χ4v) is 3.60. The first kappa shape index (κ1) is 15.5. The van der Waals surface area contributed by atoms with Crippen molar-refractivity contribution >= 4 is 10.0 Å². The van der Waals surface area contributed by atoms with Crippen molar-refractivity contribution in [2.24, 2.45) is 0 Å². The van der Waals surface area contributed by atoms with Gasteiger partial charge in [-0.1, -0.05) is 37.0 Å². The van der Waals surface area contributed by atoms with Gasteiger partial charge in [-0.2, -0.15) is 0 Å². The van der Waals surface area contributed by atoms with Crippen LogP contribution in [0.25, 0.3) is 0 Å². The SMILES string of the molecule is Cc1ccc(S(=O)(=O)NCCNC2CCCCC2)cc1. The highest BCUT2D eigenvalue weighted by atomic mass is 32.2. The number of sulfonamides is 1. The average molecular weight is 296 g/mol. The van der Waals surface area contributed by atoms with Crippen molar-refractivity contribution in [3.63, 3.8) is 0 Å². The van der Waals surface area contributed by atoms with Gasteiger partial charge in [0, 0.05) is 19.1 Å².